The maximum absolute atomic E-state index is 12.4. The summed E-state index contributed by atoms with van der Waals surface area (Å²) in [6, 6.07) is 2.84. The molecule has 2 unspecified atom stereocenters. The fourth-order valence-corrected chi connectivity index (χ4v) is 6.72. The first-order valence-electron chi connectivity index (χ1n) is 12.7. The number of hydrogen-bond acceptors (Lipinski definition) is 15. The lowest BCUT2D eigenvalue weighted by atomic mass is 10.1. The van der Waals surface area contributed by atoms with Gasteiger partial charge in [0.05, 0.1) is 13.2 Å². The van der Waals surface area contributed by atoms with E-state index in [1.165, 1.54) is 40.0 Å². The van der Waals surface area contributed by atoms with Gasteiger partial charge in [-0.25, -0.2) is 13.7 Å². The Morgan fingerprint density at radius 2 is 1.57 bits per heavy atom. The average molecular weight is 665 g/mol. The maximum atomic E-state index is 12.4. The zero-order chi connectivity index (χ0) is 32.0. The van der Waals surface area contributed by atoms with Gasteiger partial charge in [0.1, 0.15) is 36.1 Å². The quantitative estimate of drug-likeness (QED) is 0.0705. The normalized spacial score (nSPS) is 31.6. The molecule has 2 fully saturated rings. The highest BCUT2D eigenvalue weighted by molar-refractivity contribution is 7.61. The van der Waals surface area contributed by atoms with E-state index in [2.05, 4.69) is 23.8 Å². The topological polar surface area (TPSA) is 320 Å². The van der Waals surface area contributed by atoms with Gasteiger partial charge in [0, 0.05) is 6.07 Å². The third kappa shape index (κ3) is 6.65. The van der Waals surface area contributed by atoms with Gasteiger partial charge >= 0.3 is 21.3 Å². The first-order valence-corrected chi connectivity index (χ1v) is 15.6. The van der Waals surface area contributed by atoms with Crippen molar-refractivity contribution < 1.29 is 76.1 Å². The minimum Gasteiger partial charge on any atom is -0.387 e. The molecule has 0 aromatic carbocycles. The number of nitrogens with two attached hydrogens (primary N) is 2. The van der Waals surface area contributed by atoms with E-state index < -0.39 is 83.8 Å². The minimum absolute atomic E-state index is 0.0708. The molecule has 2 saturated heterocycles. The maximum Gasteiger partial charge on any atom is 0.481 e. The molecular formula is C21H29N7O14P2+2. The summed E-state index contributed by atoms with van der Waals surface area (Å²) < 4.78 is 52.1. The molecule has 0 spiro atoms. The van der Waals surface area contributed by atoms with Crippen LogP contribution in [0.25, 0.3) is 11.2 Å². The summed E-state index contributed by atoms with van der Waals surface area (Å²) in [5, 5.41) is 41.6. The largest absolute Gasteiger partial charge is 0.481 e. The molecule has 2 aliphatic rings. The molecule has 0 saturated carbocycles. The number of anilines is 1. The number of rotatable bonds is 11. The number of aliphatic hydroxyl groups excluding tert-OH is 4. The molecule has 3 aromatic rings. The number of nitrogen functional groups attached to an aromatic ring is 1. The number of nitrogens with one attached hydrogen (secondary N) is 1. The zero-order valence-corrected chi connectivity index (χ0v) is 24.1. The number of aromatic nitrogens is 5. The predicted octanol–water partition coefficient (Wildman–Crippen LogP) is -3.60. The van der Waals surface area contributed by atoms with Gasteiger partial charge in [0.2, 0.25) is 11.7 Å². The number of aliphatic hydroxyl groups is 4. The predicted molar refractivity (Wildman–Crippen MR) is 138 cm³/mol. The van der Waals surface area contributed by atoms with Crippen LogP contribution in [0.4, 0.5) is 5.82 Å². The summed E-state index contributed by atoms with van der Waals surface area (Å²) in [7, 11) is -10.7. The smallest absolute Gasteiger partial charge is 0.387 e. The summed E-state index contributed by atoms with van der Waals surface area (Å²) in [4.78, 5) is 42.1. The van der Waals surface area contributed by atoms with Crippen molar-refractivity contribution in [1.29, 1.82) is 0 Å². The van der Waals surface area contributed by atoms with E-state index in [4.69, 9.17) is 25.5 Å². The van der Waals surface area contributed by atoms with Crippen LogP contribution < -0.4 is 20.6 Å². The lowest BCUT2D eigenvalue weighted by Crippen LogP contribution is -2.46. The molecule has 44 heavy (non-hydrogen) atoms. The first kappa shape index (κ1) is 32.4. The van der Waals surface area contributed by atoms with E-state index in [0.717, 1.165) is 6.33 Å². The standard InChI is InChI=1S/C21H27N7O14P2/c22-17-12-19(25-7-24-17)28(8-26-12)21-16(32)14(30)11(41-21)6-39-44(36,37)42-43(34,35)38-5-10-13(29)15(31)20(40-10)27-3-1-2-9(4-27)18(23)33/h1-4,7-8,10-11,13-16,20-21,29-32H,5-6H2,(H5-,22,23,24,25,33,34,35,36,37)/p+2/t10-,11+,13+,14-,15+,16-,20-,21-/m0/s1. The molecule has 10 atom stereocenters. The highest BCUT2D eigenvalue weighted by Crippen LogP contribution is 2.60. The molecule has 23 heteroatoms. The molecule has 2 aliphatic heterocycles. The number of carbonyl (C=O) groups is 1. The van der Waals surface area contributed by atoms with Gasteiger partial charge in [-0.3, -0.25) is 18.8 Å². The van der Waals surface area contributed by atoms with Crippen LogP contribution in [0.5, 0.6) is 0 Å². The third-order valence-corrected chi connectivity index (χ3v) is 9.41. The van der Waals surface area contributed by atoms with E-state index in [1.54, 1.807) is 0 Å². The van der Waals surface area contributed by atoms with E-state index in [-0.39, 0.29) is 17.0 Å². The molecule has 5 heterocycles. The molecule has 1 amide bonds. The van der Waals surface area contributed by atoms with Crippen LogP contribution in [0.3, 0.4) is 0 Å². The number of nitrogens with zero attached hydrogens (tertiary/aromatic N) is 4. The van der Waals surface area contributed by atoms with Gasteiger partial charge in [0.25, 0.3) is 12.1 Å². The number of H-pyrrole nitrogens is 1. The van der Waals surface area contributed by atoms with Gasteiger partial charge in [-0.1, -0.05) is 4.98 Å². The van der Waals surface area contributed by atoms with E-state index in [0.29, 0.717) is 5.52 Å². The molecule has 11 N–H and O–H groups in total. The van der Waals surface area contributed by atoms with Gasteiger partial charge in [-0.2, -0.15) is 13.9 Å². The lowest BCUT2D eigenvalue weighted by molar-refractivity contribution is -0.765. The number of pyridine rings is 1. The minimum atomic E-state index is -5.36. The van der Waals surface area contributed by atoms with Gasteiger partial charge in [-0.15, -0.1) is 0 Å². The number of primary amides is 1. The van der Waals surface area contributed by atoms with Crippen molar-refractivity contribution in [1.82, 2.24) is 15.0 Å². The van der Waals surface area contributed by atoms with Crippen molar-refractivity contribution in [3.05, 3.63) is 42.7 Å². The van der Waals surface area contributed by atoms with E-state index in [1.807, 2.05) is 0 Å². The molecule has 5 rings (SSSR count). The van der Waals surface area contributed by atoms with Crippen molar-refractivity contribution >= 4 is 38.5 Å². The summed E-state index contributed by atoms with van der Waals surface area (Å²) in [5.74, 6) is -0.658. The number of ether oxygens (including phenoxy) is 2. The number of fused-ring (bicyclic) bond motifs is 1. The Kier molecular flexibility index (Phi) is 9.13. The Hall–Kier alpha value is -3.01. The second-order valence-electron chi connectivity index (χ2n) is 9.75. The Balaban J connectivity index is 1.16. The number of hydrogen-bond donors (Lipinski definition) is 9. The second kappa shape index (κ2) is 12.4. The molecule has 0 radical (unpaired) electrons. The summed E-state index contributed by atoms with van der Waals surface area (Å²) in [5.41, 5.74) is 11.6. The summed E-state index contributed by atoms with van der Waals surface area (Å²) >= 11 is 0. The van der Waals surface area contributed by atoms with Crippen molar-refractivity contribution in [3.8, 4) is 0 Å². The second-order valence-corrected chi connectivity index (χ2v) is 12.8. The van der Waals surface area contributed by atoms with Gasteiger partial charge < -0.3 is 51.2 Å². The van der Waals surface area contributed by atoms with E-state index in [9.17, 15) is 44.1 Å². The number of amides is 1. The Bertz CT molecular complexity index is 1630. The van der Waals surface area contributed by atoms with E-state index >= 15 is 0 Å². The fourth-order valence-electron chi connectivity index (χ4n) is 4.63. The zero-order valence-electron chi connectivity index (χ0n) is 22.3. The van der Waals surface area contributed by atoms with Crippen molar-refractivity contribution in [2.24, 2.45) is 5.73 Å². The Morgan fingerprint density at radius 3 is 2.18 bits per heavy atom. The fraction of sp³-hybridized carbons (Fsp3) is 0.476. The summed E-state index contributed by atoms with van der Waals surface area (Å²) in [6.45, 7) is -1.78. The number of aromatic amines is 1. The molecule has 0 bridgehead atoms. The molecule has 3 aromatic heterocycles. The number of carbonyl (C=O) groups excluding carboxylic acids is 1. The third-order valence-electron chi connectivity index (χ3n) is 6.81. The number of imidazole rings is 1. The van der Waals surface area contributed by atoms with Crippen molar-refractivity contribution in [3.63, 3.8) is 0 Å². The Morgan fingerprint density at radius 1 is 0.977 bits per heavy atom. The van der Waals surface area contributed by atoms with Crippen LogP contribution in [-0.2, 0) is 32.0 Å². The van der Waals surface area contributed by atoms with Crippen LogP contribution in [0.15, 0.2) is 37.2 Å². The number of phosphoric acid groups is 2. The van der Waals surface area contributed by atoms with Crippen LogP contribution in [-0.4, -0.2) is 101 Å². The first-order chi connectivity index (χ1) is 20.7. The van der Waals surface area contributed by atoms with Crippen LogP contribution in [0, 0.1) is 0 Å². The lowest BCUT2D eigenvalue weighted by Gasteiger charge is -2.20. The molecule has 0 aliphatic carbocycles. The molecule has 240 valence electrons. The molecule has 21 nitrogen and oxygen atoms in total. The van der Waals surface area contributed by atoms with Crippen LogP contribution in [0.1, 0.15) is 22.8 Å². The van der Waals surface area contributed by atoms with Gasteiger partial charge in [-0.05, 0) is 6.07 Å². The SMILES string of the molecule is NC(=O)c1ccc[n+]([C@H]2O[C@@H](COP(=O)(O)OP(=O)(O)OC[C@H]3O[C@H]([n+]4c[nH]c5c(N)ncnc54)[C@@H](O)[C@H]3O)[C@@H](O)[C@H]2O)c1. The van der Waals surface area contributed by atoms with Crippen LogP contribution >= 0.6 is 15.6 Å². The van der Waals surface area contributed by atoms with Crippen molar-refractivity contribution in [2.45, 2.75) is 49.1 Å². The highest BCUT2D eigenvalue weighted by Gasteiger charge is 2.50. The molecular weight excluding hydrogens is 636 g/mol. The summed E-state index contributed by atoms with van der Waals surface area (Å²) in [6.07, 6.45) is -6.61. The Labute approximate surface area is 246 Å². The van der Waals surface area contributed by atoms with Gasteiger partial charge in [0.15, 0.2) is 37.0 Å². The van der Waals surface area contributed by atoms with Crippen molar-refractivity contribution in [2.75, 3.05) is 18.9 Å². The highest BCUT2D eigenvalue weighted by atomic mass is 31.3. The van der Waals surface area contributed by atoms with Crippen LogP contribution in [0.2, 0.25) is 0 Å². The average Bonchev–Trinajstić information content (AvgIpc) is 3.61. The number of phosphoric ester groups is 2. The monoisotopic (exact) mass is 665 g/mol.